The van der Waals surface area contributed by atoms with Crippen molar-refractivity contribution in [1.82, 2.24) is 0 Å². The number of hydrogen-bond donors (Lipinski definition) is 0. The van der Waals surface area contributed by atoms with Crippen LogP contribution in [-0.4, -0.2) is 53.5 Å². The Bertz CT molecular complexity index is 732. The van der Waals surface area contributed by atoms with Crippen molar-refractivity contribution >= 4 is 0 Å². The molecule has 31 heavy (non-hydrogen) atoms. The summed E-state index contributed by atoms with van der Waals surface area (Å²) in [6, 6.07) is 0. The Morgan fingerprint density at radius 1 is 0.387 bits per heavy atom. The molecule has 0 aromatic rings. The normalized spacial score (nSPS) is 16.1. The van der Waals surface area contributed by atoms with Crippen molar-refractivity contribution in [2.75, 3.05) is 0 Å². The zero-order valence-corrected chi connectivity index (χ0v) is 13.1. The molecule has 0 aliphatic carbocycles. The van der Waals surface area contributed by atoms with Gasteiger partial charge in [-0.05, 0) is 0 Å². The van der Waals surface area contributed by atoms with Crippen LogP contribution in [0.1, 0.15) is 0 Å². The average Bonchev–Trinajstić information content (AvgIpc) is 2.52. The molecule has 0 atom stereocenters. The van der Waals surface area contributed by atoms with Crippen LogP contribution in [0.25, 0.3) is 0 Å². The van der Waals surface area contributed by atoms with E-state index in [0.717, 1.165) is 0 Å². The molecule has 0 bridgehead atoms. The van der Waals surface area contributed by atoms with E-state index in [1.165, 1.54) is 0 Å². The lowest BCUT2D eigenvalue weighted by molar-refractivity contribution is -0.478. The number of rotatable bonds is 8. The molecule has 0 unspecified atom stereocenters. The summed E-state index contributed by atoms with van der Waals surface area (Å²) in [5.41, 5.74) is 0. The fourth-order valence-corrected chi connectivity index (χ4v) is 1.50. The second kappa shape index (κ2) is 7.10. The van der Waals surface area contributed by atoms with Crippen molar-refractivity contribution in [3.8, 4) is 12.1 Å². The largest absolute Gasteiger partial charge is 0.452 e. The van der Waals surface area contributed by atoms with Crippen molar-refractivity contribution in [3.05, 3.63) is 0 Å². The standard InChI is InChI=1S/C11F19O/c12-2-1-3(13,14)4(15,16)5(17,18)6(19,20)7(21,22)8(23,24)9(25,26)10(27,28)11(29,30)31. The Balaban J connectivity index is 6.93. The van der Waals surface area contributed by atoms with Crippen LogP contribution >= 0.6 is 0 Å². The minimum atomic E-state index is -8.97. The predicted molar refractivity (Wildman–Crippen MR) is 54.1 cm³/mol. The monoisotopic (exact) mass is 509 g/mol. The third-order valence-electron chi connectivity index (χ3n) is 3.33. The maximum Gasteiger partial charge on any atom is 0.452 e. The van der Waals surface area contributed by atoms with Gasteiger partial charge in [-0.15, -0.1) is 4.39 Å². The summed E-state index contributed by atoms with van der Waals surface area (Å²) in [7, 11) is 0. The summed E-state index contributed by atoms with van der Waals surface area (Å²) in [5, 5.41) is 9.61. The molecular formula is C11F19O. The highest BCUT2D eigenvalue weighted by Gasteiger charge is 2.96. The van der Waals surface area contributed by atoms with Crippen LogP contribution in [0.15, 0.2) is 0 Å². The van der Waals surface area contributed by atoms with Gasteiger partial charge in [-0.25, -0.2) is 0 Å². The van der Waals surface area contributed by atoms with Gasteiger partial charge >= 0.3 is 53.5 Å². The van der Waals surface area contributed by atoms with Crippen LogP contribution in [0.3, 0.4) is 0 Å². The summed E-state index contributed by atoms with van der Waals surface area (Å²) >= 11 is 0. The maximum atomic E-state index is 13.2. The van der Waals surface area contributed by atoms with E-state index >= 15 is 0 Å². The van der Waals surface area contributed by atoms with Crippen molar-refractivity contribution in [2.45, 2.75) is 53.5 Å². The molecule has 0 saturated carbocycles. The van der Waals surface area contributed by atoms with Crippen molar-refractivity contribution < 1.29 is 88.5 Å². The zero-order chi connectivity index (χ0) is 25.9. The summed E-state index contributed by atoms with van der Waals surface area (Å²) in [6.07, 6.45) is -8.44. The van der Waals surface area contributed by atoms with Crippen molar-refractivity contribution in [1.29, 1.82) is 0 Å². The molecule has 0 fully saturated rings. The Hall–Kier alpha value is -1.81. The lowest BCUT2D eigenvalue weighted by Gasteiger charge is -2.43. The fourth-order valence-electron chi connectivity index (χ4n) is 1.50. The molecule has 0 aliphatic rings. The minimum Gasteiger partial charge on any atom is -0.192 e. The highest BCUT2D eigenvalue weighted by atomic mass is 19.4. The molecule has 1 nitrogen and oxygen atoms in total. The van der Waals surface area contributed by atoms with Gasteiger partial charge in [0.2, 0.25) is 0 Å². The molecule has 0 rings (SSSR count). The minimum absolute atomic E-state index is 0.764. The third kappa shape index (κ3) is 3.51. The molecule has 0 amide bonds. The van der Waals surface area contributed by atoms with Crippen LogP contribution < -0.4 is 0 Å². The van der Waals surface area contributed by atoms with Gasteiger partial charge in [0.25, 0.3) is 0 Å². The summed E-state index contributed by atoms with van der Waals surface area (Å²) in [5.74, 6) is -68.4. The zero-order valence-electron chi connectivity index (χ0n) is 13.1. The van der Waals surface area contributed by atoms with E-state index in [1.807, 2.05) is 0 Å². The van der Waals surface area contributed by atoms with Gasteiger partial charge in [0.15, 0.2) is 0 Å². The summed E-state index contributed by atoms with van der Waals surface area (Å²) in [6.45, 7) is 0. The quantitative estimate of drug-likeness (QED) is 0.282. The molecule has 0 aromatic carbocycles. The average molecular weight is 509 g/mol. The van der Waals surface area contributed by atoms with E-state index in [-0.39, 0.29) is 0 Å². The Labute approximate surface area is 155 Å². The first kappa shape index (κ1) is 29.2. The van der Waals surface area contributed by atoms with E-state index in [4.69, 9.17) is 0 Å². The molecule has 0 heterocycles. The second-order valence-corrected chi connectivity index (χ2v) is 5.33. The molecule has 183 valence electrons. The molecule has 0 aliphatic heterocycles. The van der Waals surface area contributed by atoms with Gasteiger partial charge in [0, 0.05) is 5.92 Å². The van der Waals surface area contributed by atoms with Crippen molar-refractivity contribution in [2.24, 2.45) is 0 Å². The van der Waals surface area contributed by atoms with E-state index in [1.54, 1.807) is 0 Å². The first-order chi connectivity index (χ1) is 13.1. The Morgan fingerprint density at radius 3 is 0.839 bits per heavy atom. The predicted octanol–water partition coefficient (Wildman–Crippen LogP) is 6.02. The van der Waals surface area contributed by atoms with Crippen molar-refractivity contribution in [3.63, 3.8) is 0 Å². The van der Waals surface area contributed by atoms with Gasteiger partial charge in [-0.1, -0.05) is 0 Å². The highest BCUT2D eigenvalue weighted by Crippen LogP contribution is 2.64. The molecule has 0 saturated heterocycles. The first-order valence-corrected chi connectivity index (χ1v) is 6.29. The molecule has 0 spiro atoms. The van der Waals surface area contributed by atoms with Gasteiger partial charge in [-0.3, -0.25) is 0 Å². The first-order valence-electron chi connectivity index (χ1n) is 6.29. The number of halogens is 19. The van der Waals surface area contributed by atoms with Gasteiger partial charge in [-0.2, -0.15) is 84.1 Å². The van der Waals surface area contributed by atoms with E-state index in [0.29, 0.717) is 0 Å². The van der Waals surface area contributed by atoms with Crippen LogP contribution in [-0.2, 0) is 5.11 Å². The molecule has 20 heteroatoms. The smallest absolute Gasteiger partial charge is 0.192 e. The molecule has 0 N–H and O–H groups in total. The van der Waals surface area contributed by atoms with Gasteiger partial charge < -0.3 is 0 Å². The third-order valence-corrected chi connectivity index (χ3v) is 3.33. The Kier molecular flexibility index (Phi) is 6.68. The van der Waals surface area contributed by atoms with E-state index in [2.05, 4.69) is 0 Å². The maximum absolute atomic E-state index is 13.2. The summed E-state index contributed by atoms with van der Waals surface area (Å²) in [4.78, 5) is 0. The molecule has 0 aromatic heterocycles. The Morgan fingerprint density at radius 2 is 0.613 bits per heavy atom. The lowest BCUT2D eigenvalue weighted by atomic mass is 9.87. The molecule has 1 radical (unpaired) electrons. The van der Waals surface area contributed by atoms with Crippen LogP contribution in [0.4, 0.5) is 83.4 Å². The van der Waals surface area contributed by atoms with E-state index < -0.39 is 65.6 Å². The topological polar surface area (TPSA) is 19.9 Å². The SMILES string of the molecule is [O]C(F)(F)C(F)(F)C(F)(F)C(F)(F)C(F)(F)C(F)(F)C(F)(F)C(F)(F)C(F)(F)C#CF. The number of hydrogen-bond acceptors (Lipinski definition) is 0. The van der Waals surface area contributed by atoms with Crippen LogP contribution in [0, 0.1) is 12.1 Å². The van der Waals surface area contributed by atoms with E-state index in [9.17, 15) is 88.5 Å². The second-order valence-electron chi connectivity index (χ2n) is 5.33. The van der Waals surface area contributed by atoms with Gasteiger partial charge in [0.05, 0.1) is 0 Å². The lowest BCUT2D eigenvalue weighted by Crippen LogP contribution is -2.75. The molecular weight excluding hydrogens is 509 g/mol. The highest BCUT2D eigenvalue weighted by molar-refractivity contribution is 5.21. The summed E-state index contributed by atoms with van der Waals surface area (Å²) < 4.78 is 242. The van der Waals surface area contributed by atoms with Crippen LogP contribution in [0.2, 0.25) is 0 Å². The fraction of sp³-hybridized carbons (Fsp3) is 0.818. The van der Waals surface area contributed by atoms with Crippen LogP contribution in [0.5, 0.6) is 0 Å². The number of alkyl halides is 18. The van der Waals surface area contributed by atoms with Gasteiger partial charge in [0.1, 0.15) is 6.17 Å².